The van der Waals surface area contributed by atoms with E-state index in [2.05, 4.69) is 5.32 Å². The maximum atomic E-state index is 13.1. The molecule has 0 saturated carbocycles. The van der Waals surface area contributed by atoms with Crippen molar-refractivity contribution in [1.29, 1.82) is 0 Å². The zero-order valence-electron chi connectivity index (χ0n) is 20.7. The largest absolute Gasteiger partial charge is 0.493 e. The van der Waals surface area contributed by atoms with Crippen LogP contribution >= 0.6 is 11.3 Å². The monoisotopic (exact) mass is 491 g/mol. The van der Waals surface area contributed by atoms with Gasteiger partial charge >= 0.3 is 0 Å². The van der Waals surface area contributed by atoms with Crippen LogP contribution < -0.4 is 25.3 Å². The summed E-state index contributed by atoms with van der Waals surface area (Å²) in [5, 5.41) is 3.71. The van der Waals surface area contributed by atoms with Crippen LogP contribution in [0.1, 0.15) is 30.4 Å². The van der Waals surface area contributed by atoms with Crippen LogP contribution in [-0.4, -0.2) is 37.8 Å². The SMILES string of the molecule is COc1cc(-c2cc(-c3ccccc3)nc3sc(C(=O)NC(C)(C)C)c(N)c23)cc(OC)c1OC. The standard InChI is InChI=1S/C27H29N3O4S/c1-27(2,3)30-25(31)24-22(28)21-17(16-12-19(32-4)23(34-6)20(13-16)33-5)14-18(29-26(21)35-24)15-10-8-7-9-11-15/h7-14H,28H2,1-6H3,(H,30,31). The van der Waals surface area contributed by atoms with Gasteiger partial charge in [-0.25, -0.2) is 4.98 Å². The molecule has 0 bridgehead atoms. The molecule has 0 fully saturated rings. The Kier molecular flexibility index (Phi) is 6.58. The molecule has 2 aromatic carbocycles. The molecule has 0 aliphatic rings. The first-order valence-electron chi connectivity index (χ1n) is 11.1. The van der Waals surface area contributed by atoms with E-state index in [1.54, 1.807) is 21.3 Å². The number of anilines is 1. The number of fused-ring (bicyclic) bond motifs is 1. The third-order valence-corrected chi connectivity index (χ3v) is 6.54. The number of carbonyl (C=O) groups is 1. The van der Waals surface area contributed by atoms with E-state index in [1.807, 2.05) is 69.3 Å². The maximum absolute atomic E-state index is 13.1. The highest BCUT2D eigenvalue weighted by Crippen LogP contribution is 2.46. The second-order valence-electron chi connectivity index (χ2n) is 9.06. The zero-order valence-corrected chi connectivity index (χ0v) is 21.5. The van der Waals surface area contributed by atoms with Crippen molar-refractivity contribution in [2.75, 3.05) is 27.1 Å². The van der Waals surface area contributed by atoms with Crippen molar-refractivity contribution in [3.63, 3.8) is 0 Å². The van der Waals surface area contributed by atoms with Crippen LogP contribution in [0.25, 0.3) is 32.6 Å². The average molecular weight is 492 g/mol. The molecule has 8 heteroatoms. The molecule has 0 radical (unpaired) electrons. The molecule has 0 unspecified atom stereocenters. The molecule has 4 aromatic rings. The molecule has 4 rings (SSSR count). The lowest BCUT2D eigenvalue weighted by Crippen LogP contribution is -2.40. The Balaban J connectivity index is 2.02. The number of ether oxygens (including phenoxy) is 3. The minimum absolute atomic E-state index is 0.227. The smallest absolute Gasteiger partial charge is 0.263 e. The van der Waals surface area contributed by atoms with Gasteiger partial charge in [0.2, 0.25) is 5.75 Å². The Bertz CT molecular complexity index is 1370. The highest BCUT2D eigenvalue weighted by atomic mass is 32.1. The van der Waals surface area contributed by atoms with Crippen LogP contribution in [0.5, 0.6) is 17.2 Å². The minimum atomic E-state index is -0.401. The van der Waals surface area contributed by atoms with Gasteiger partial charge in [0.05, 0.1) is 32.7 Å². The first-order valence-corrected chi connectivity index (χ1v) is 11.9. The highest BCUT2D eigenvalue weighted by Gasteiger charge is 2.25. The number of benzene rings is 2. The third-order valence-electron chi connectivity index (χ3n) is 5.44. The number of hydrogen-bond acceptors (Lipinski definition) is 7. The van der Waals surface area contributed by atoms with Crippen LogP contribution in [0.15, 0.2) is 48.5 Å². The summed E-state index contributed by atoms with van der Waals surface area (Å²) in [7, 11) is 4.72. The summed E-state index contributed by atoms with van der Waals surface area (Å²) in [4.78, 5) is 19.1. The predicted molar refractivity (Wildman–Crippen MR) is 142 cm³/mol. The molecule has 0 atom stereocenters. The van der Waals surface area contributed by atoms with Gasteiger partial charge in [0.1, 0.15) is 9.71 Å². The van der Waals surface area contributed by atoms with E-state index in [0.717, 1.165) is 22.4 Å². The Morgan fingerprint density at radius 3 is 2.11 bits per heavy atom. The highest BCUT2D eigenvalue weighted by molar-refractivity contribution is 7.21. The van der Waals surface area contributed by atoms with E-state index in [-0.39, 0.29) is 5.91 Å². The summed E-state index contributed by atoms with van der Waals surface area (Å²) in [5.74, 6) is 1.31. The lowest BCUT2D eigenvalue weighted by molar-refractivity contribution is 0.0924. The van der Waals surface area contributed by atoms with E-state index in [0.29, 0.717) is 38.0 Å². The van der Waals surface area contributed by atoms with Gasteiger partial charge < -0.3 is 25.3 Å². The molecule has 0 spiro atoms. The van der Waals surface area contributed by atoms with Gasteiger partial charge in [-0.2, -0.15) is 0 Å². The fourth-order valence-electron chi connectivity index (χ4n) is 3.91. The summed E-state index contributed by atoms with van der Waals surface area (Å²) in [6, 6.07) is 15.6. The number of aromatic nitrogens is 1. The summed E-state index contributed by atoms with van der Waals surface area (Å²) < 4.78 is 16.7. The normalized spacial score (nSPS) is 11.4. The molecule has 0 aliphatic heterocycles. The average Bonchev–Trinajstić information content (AvgIpc) is 3.18. The van der Waals surface area contributed by atoms with Crippen molar-refractivity contribution < 1.29 is 19.0 Å². The van der Waals surface area contributed by atoms with Gasteiger partial charge in [-0.05, 0) is 50.1 Å². The van der Waals surface area contributed by atoms with Crippen molar-refractivity contribution in [2.45, 2.75) is 26.3 Å². The Labute approximate surface area is 208 Å². The number of nitrogens with one attached hydrogen (secondary N) is 1. The maximum Gasteiger partial charge on any atom is 0.263 e. The van der Waals surface area contributed by atoms with E-state index < -0.39 is 5.54 Å². The second-order valence-corrected chi connectivity index (χ2v) is 10.1. The molecule has 35 heavy (non-hydrogen) atoms. The van der Waals surface area contributed by atoms with E-state index >= 15 is 0 Å². The van der Waals surface area contributed by atoms with E-state index in [1.165, 1.54) is 11.3 Å². The number of thiophene rings is 1. The zero-order chi connectivity index (χ0) is 25.3. The number of methoxy groups -OCH3 is 3. The van der Waals surface area contributed by atoms with Crippen molar-refractivity contribution in [3.8, 4) is 39.6 Å². The number of nitrogens with zero attached hydrogens (tertiary/aromatic N) is 1. The Morgan fingerprint density at radius 2 is 1.57 bits per heavy atom. The van der Waals surface area contributed by atoms with Gasteiger partial charge in [-0.15, -0.1) is 11.3 Å². The number of carbonyl (C=O) groups excluding carboxylic acids is 1. The number of pyridine rings is 1. The molecule has 7 nitrogen and oxygen atoms in total. The lowest BCUT2D eigenvalue weighted by Gasteiger charge is -2.20. The van der Waals surface area contributed by atoms with Gasteiger partial charge in [0, 0.05) is 16.5 Å². The van der Waals surface area contributed by atoms with E-state index in [9.17, 15) is 4.79 Å². The molecular weight excluding hydrogens is 462 g/mol. The number of hydrogen-bond donors (Lipinski definition) is 2. The van der Waals surface area contributed by atoms with Gasteiger partial charge in [0.15, 0.2) is 11.5 Å². The summed E-state index contributed by atoms with van der Waals surface area (Å²) >= 11 is 1.28. The van der Waals surface area contributed by atoms with Gasteiger partial charge in [-0.3, -0.25) is 4.79 Å². The summed E-state index contributed by atoms with van der Waals surface area (Å²) in [5.41, 5.74) is 9.94. The molecule has 182 valence electrons. The minimum Gasteiger partial charge on any atom is -0.493 e. The molecule has 3 N–H and O–H groups in total. The lowest BCUT2D eigenvalue weighted by atomic mass is 9.98. The van der Waals surface area contributed by atoms with Crippen molar-refractivity contribution in [2.24, 2.45) is 0 Å². The number of amides is 1. The van der Waals surface area contributed by atoms with Crippen LogP contribution in [0.2, 0.25) is 0 Å². The van der Waals surface area contributed by atoms with Crippen LogP contribution in [0, 0.1) is 0 Å². The fraction of sp³-hybridized carbons (Fsp3) is 0.259. The Morgan fingerprint density at radius 1 is 0.943 bits per heavy atom. The number of nitrogens with two attached hydrogens (primary N) is 1. The topological polar surface area (TPSA) is 95.7 Å². The van der Waals surface area contributed by atoms with Gasteiger partial charge in [-0.1, -0.05) is 30.3 Å². The van der Waals surface area contributed by atoms with E-state index in [4.69, 9.17) is 24.9 Å². The first kappa shape index (κ1) is 24.3. The summed E-state index contributed by atoms with van der Waals surface area (Å²) in [6.45, 7) is 5.80. The molecule has 2 aromatic heterocycles. The number of rotatable bonds is 6. The molecule has 0 aliphatic carbocycles. The molecular formula is C27H29N3O4S. The fourth-order valence-corrected chi connectivity index (χ4v) is 4.92. The van der Waals surface area contributed by atoms with Crippen molar-refractivity contribution >= 4 is 33.1 Å². The molecule has 0 saturated heterocycles. The molecule has 2 heterocycles. The van der Waals surface area contributed by atoms with Crippen LogP contribution in [0.4, 0.5) is 5.69 Å². The van der Waals surface area contributed by atoms with Crippen LogP contribution in [0.3, 0.4) is 0 Å². The van der Waals surface area contributed by atoms with Crippen molar-refractivity contribution in [1.82, 2.24) is 10.3 Å². The summed E-state index contributed by atoms with van der Waals surface area (Å²) in [6.07, 6.45) is 0. The van der Waals surface area contributed by atoms with Crippen LogP contribution in [-0.2, 0) is 0 Å². The quantitative estimate of drug-likeness (QED) is 0.356. The first-order chi connectivity index (χ1) is 16.7. The number of nitrogen functional groups attached to an aromatic ring is 1. The van der Waals surface area contributed by atoms with Gasteiger partial charge in [0.25, 0.3) is 5.91 Å². The Hall–Kier alpha value is -3.78. The third kappa shape index (κ3) is 4.74. The predicted octanol–water partition coefficient (Wildman–Crippen LogP) is 5.77. The second kappa shape index (κ2) is 9.46. The molecule has 1 amide bonds. The van der Waals surface area contributed by atoms with Crippen molar-refractivity contribution in [3.05, 3.63) is 53.4 Å².